The molecule has 0 heterocycles. The monoisotopic (exact) mass is 319 g/mol. The van der Waals surface area contributed by atoms with Crippen LogP contribution in [0.2, 0.25) is 0 Å². The normalized spacial score (nSPS) is 9.59. The first kappa shape index (κ1) is 28.4. The molecule has 9 N–H and O–H groups in total. The number of nitrogens with two attached hydrogens (primary N) is 4. The van der Waals surface area contributed by atoms with Crippen molar-refractivity contribution in [2.75, 3.05) is 19.6 Å². The molecule has 0 spiro atoms. The predicted molar refractivity (Wildman–Crippen MR) is 90.7 cm³/mol. The highest BCUT2D eigenvalue weighted by atomic mass is 16.2. The van der Waals surface area contributed by atoms with Crippen molar-refractivity contribution in [1.29, 1.82) is 0 Å². The molecule has 0 bridgehead atoms. The highest BCUT2D eigenvalue weighted by Crippen LogP contribution is 2.03. The van der Waals surface area contributed by atoms with Crippen molar-refractivity contribution in [3.63, 3.8) is 0 Å². The van der Waals surface area contributed by atoms with Gasteiger partial charge in [0.15, 0.2) is 0 Å². The van der Waals surface area contributed by atoms with Crippen LogP contribution in [0.1, 0.15) is 27.2 Å². The van der Waals surface area contributed by atoms with Crippen LogP contribution in [0, 0.1) is 5.92 Å². The van der Waals surface area contributed by atoms with Gasteiger partial charge in [-0.05, 0) is 19.3 Å². The molecule has 0 aromatic rings. The zero-order chi connectivity index (χ0) is 18.6. The Kier molecular flexibility index (Phi) is 31.3. The summed E-state index contributed by atoms with van der Waals surface area (Å²) in [5.41, 5.74) is 20.0. The first-order valence-electron chi connectivity index (χ1n) is 6.85. The van der Waals surface area contributed by atoms with Gasteiger partial charge in [-0.1, -0.05) is 19.9 Å². The van der Waals surface area contributed by atoms with Crippen LogP contribution in [-0.4, -0.2) is 44.3 Å². The Bertz CT molecular complexity index is 271. The van der Waals surface area contributed by atoms with Gasteiger partial charge in [0.1, 0.15) is 12.8 Å². The van der Waals surface area contributed by atoms with Crippen LogP contribution in [0.3, 0.4) is 0 Å². The summed E-state index contributed by atoms with van der Waals surface area (Å²) in [7, 11) is 0. The molecular weight excluding hydrogens is 286 g/mol. The fourth-order valence-corrected chi connectivity index (χ4v) is 0.971. The van der Waals surface area contributed by atoms with E-state index in [4.69, 9.17) is 27.7 Å². The van der Waals surface area contributed by atoms with Crippen molar-refractivity contribution >= 4 is 18.6 Å². The molecule has 132 valence electrons. The van der Waals surface area contributed by atoms with E-state index in [0.29, 0.717) is 25.4 Å². The van der Waals surface area contributed by atoms with Crippen LogP contribution in [0.15, 0.2) is 12.7 Å². The molecule has 0 saturated heterocycles. The summed E-state index contributed by atoms with van der Waals surface area (Å²) >= 11 is 0. The summed E-state index contributed by atoms with van der Waals surface area (Å²) in [6.45, 7) is 12.2. The summed E-state index contributed by atoms with van der Waals surface area (Å²) in [5.74, 6) is -0.574. The summed E-state index contributed by atoms with van der Waals surface area (Å²) in [6, 6.07) is -0.601. The molecule has 0 aliphatic rings. The first-order chi connectivity index (χ1) is 10.3. The molecule has 0 aromatic carbocycles. The lowest BCUT2D eigenvalue weighted by Crippen LogP contribution is -2.47. The van der Waals surface area contributed by atoms with Gasteiger partial charge in [-0.3, -0.25) is 9.59 Å². The lowest BCUT2D eigenvalue weighted by molar-refractivity contribution is -0.126. The van der Waals surface area contributed by atoms with Gasteiger partial charge >= 0.3 is 0 Å². The molecule has 8 heteroatoms. The van der Waals surface area contributed by atoms with E-state index >= 15 is 0 Å². The number of allylic oxidation sites excluding steroid dienone is 1. The highest BCUT2D eigenvalue weighted by molar-refractivity contribution is 5.87. The molecule has 0 radical (unpaired) electrons. The van der Waals surface area contributed by atoms with E-state index in [-0.39, 0.29) is 12.5 Å². The zero-order valence-electron chi connectivity index (χ0n) is 14.0. The van der Waals surface area contributed by atoms with Crippen LogP contribution in [-0.2, 0) is 14.4 Å². The number of carbonyl (C=O) groups is 3. The molecule has 1 atom stereocenters. The Morgan fingerprint density at radius 3 is 1.68 bits per heavy atom. The third-order valence-corrected chi connectivity index (χ3v) is 1.74. The van der Waals surface area contributed by atoms with Crippen molar-refractivity contribution in [3.05, 3.63) is 12.7 Å². The number of amides is 2. The standard InChI is InChI=1S/C8H17N3O2.C3H6.C2H8N2.CH2O/c1-5(2)3-6(8(10)13)11-7(12)4-9;1-3-2;3-1-2-4;1-2/h5-6H,3-4,9H2,1-2H3,(H2,10,13)(H,11,12);3H,1H2,2H3;1-4H2;1H2. The van der Waals surface area contributed by atoms with Gasteiger partial charge in [-0.25, -0.2) is 0 Å². The minimum atomic E-state index is -0.601. The highest BCUT2D eigenvalue weighted by Gasteiger charge is 2.18. The number of carbonyl (C=O) groups excluding carboxylic acids is 3. The maximum atomic E-state index is 10.9. The van der Waals surface area contributed by atoms with Crippen LogP contribution < -0.4 is 28.3 Å². The second kappa shape index (κ2) is 24.3. The SMILES string of the molecule is C=CC.C=O.CC(C)CC(NC(=O)CN)C(N)=O.NCCN. The Morgan fingerprint density at radius 2 is 1.50 bits per heavy atom. The fourth-order valence-electron chi connectivity index (χ4n) is 0.971. The van der Waals surface area contributed by atoms with Crippen molar-refractivity contribution in [3.8, 4) is 0 Å². The predicted octanol–water partition coefficient (Wildman–Crippen LogP) is -1.13. The number of primary amides is 1. The third-order valence-electron chi connectivity index (χ3n) is 1.74. The van der Waals surface area contributed by atoms with E-state index in [2.05, 4.69) is 11.9 Å². The molecule has 0 aliphatic heterocycles. The van der Waals surface area contributed by atoms with E-state index in [0.717, 1.165) is 0 Å². The van der Waals surface area contributed by atoms with Crippen LogP contribution in [0.4, 0.5) is 0 Å². The molecule has 0 aliphatic carbocycles. The summed E-state index contributed by atoms with van der Waals surface area (Å²) < 4.78 is 0. The molecular formula is C14H33N5O3. The largest absolute Gasteiger partial charge is 0.368 e. The first-order valence-corrected chi connectivity index (χ1v) is 6.85. The van der Waals surface area contributed by atoms with Crippen molar-refractivity contribution in [1.82, 2.24) is 5.32 Å². The quantitative estimate of drug-likeness (QED) is 0.388. The lowest BCUT2D eigenvalue weighted by Gasteiger charge is -2.16. The van der Waals surface area contributed by atoms with Gasteiger partial charge < -0.3 is 33.0 Å². The van der Waals surface area contributed by atoms with Crippen molar-refractivity contribution in [2.24, 2.45) is 28.9 Å². The molecule has 1 unspecified atom stereocenters. The number of rotatable bonds is 6. The Balaban J connectivity index is -0.000000149. The van der Waals surface area contributed by atoms with Crippen LogP contribution >= 0.6 is 0 Å². The minimum Gasteiger partial charge on any atom is -0.368 e. The molecule has 0 aromatic heterocycles. The van der Waals surface area contributed by atoms with Crippen LogP contribution in [0.25, 0.3) is 0 Å². The topological polar surface area (TPSA) is 167 Å². The van der Waals surface area contributed by atoms with Crippen LogP contribution in [0.5, 0.6) is 0 Å². The van der Waals surface area contributed by atoms with Crippen molar-refractivity contribution < 1.29 is 14.4 Å². The van der Waals surface area contributed by atoms with E-state index in [1.807, 2.05) is 27.6 Å². The maximum Gasteiger partial charge on any atom is 0.240 e. The Morgan fingerprint density at radius 1 is 1.14 bits per heavy atom. The average Bonchev–Trinajstić information content (AvgIpc) is 2.49. The fraction of sp³-hybridized carbons (Fsp3) is 0.643. The molecule has 0 fully saturated rings. The van der Waals surface area contributed by atoms with E-state index in [1.54, 1.807) is 6.08 Å². The van der Waals surface area contributed by atoms with Gasteiger partial charge in [0.05, 0.1) is 6.54 Å². The Hall–Kier alpha value is -1.77. The zero-order valence-corrected chi connectivity index (χ0v) is 14.0. The van der Waals surface area contributed by atoms with E-state index in [9.17, 15) is 9.59 Å². The summed E-state index contributed by atoms with van der Waals surface area (Å²) in [4.78, 5) is 29.7. The smallest absolute Gasteiger partial charge is 0.240 e. The van der Waals surface area contributed by atoms with E-state index < -0.39 is 11.9 Å². The second-order valence-electron chi connectivity index (χ2n) is 4.34. The summed E-state index contributed by atoms with van der Waals surface area (Å²) in [5, 5.41) is 2.46. The number of nitrogens with one attached hydrogen (secondary N) is 1. The second-order valence-corrected chi connectivity index (χ2v) is 4.34. The molecule has 0 saturated carbocycles. The average molecular weight is 319 g/mol. The lowest BCUT2D eigenvalue weighted by atomic mass is 10.0. The summed E-state index contributed by atoms with van der Waals surface area (Å²) in [6.07, 6.45) is 2.29. The number of hydrogen-bond donors (Lipinski definition) is 5. The molecule has 8 nitrogen and oxygen atoms in total. The number of hydrogen-bond acceptors (Lipinski definition) is 6. The van der Waals surface area contributed by atoms with Gasteiger partial charge in [0.2, 0.25) is 11.8 Å². The minimum absolute atomic E-state index is 0.123. The molecule has 0 rings (SSSR count). The third kappa shape index (κ3) is 30.9. The maximum absolute atomic E-state index is 10.9. The van der Waals surface area contributed by atoms with Crippen molar-refractivity contribution in [2.45, 2.75) is 33.2 Å². The molecule has 22 heavy (non-hydrogen) atoms. The van der Waals surface area contributed by atoms with Gasteiger partial charge in [-0.15, -0.1) is 6.58 Å². The van der Waals surface area contributed by atoms with Gasteiger partial charge in [-0.2, -0.15) is 0 Å². The van der Waals surface area contributed by atoms with Gasteiger partial charge in [0.25, 0.3) is 0 Å². The molecule has 2 amide bonds. The Labute approximate surface area is 133 Å². The van der Waals surface area contributed by atoms with Gasteiger partial charge in [0, 0.05) is 13.1 Å². The van der Waals surface area contributed by atoms with E-state index in [1.165, 1.54) is 0 Å².